The highest BCUT2D eigenvalue weighted by atomic mass is 32.1. The SMILES string of the molecule is NC(=O)c1cccc(Oc2ccc(NC(=O)c3cccs3)cn2)c1. The number of benzene rings is 1. The van der Waals surface area contributed by atoms with Crippen LogP contribution in [0.3, 0.4) is 0 Å². The van der Waals surface area contributed by atoms with Crippen LogP contribution in [0.25, 0.3) is 0 Å². The van der Waals surface area contributed by atoms with E-state index in [9.17, 15) is 9.59 Å². The van der Waals surface area contributed by atoms with Gasteiger partial charge >= 0.3 is 0 Å². The number of nitrogens with two attached hydrogens (primary N) is 1. The minimum Gasteiger partial charge on any atom is -0.439 e. The van der Waals surface area contributed by atoms with Crippen LogP contribution >= 0.6 is 11.3 Å². The number of carbonyl (C=O) groups is 2. The van der Waals surface area contributed by atoms with Gasteiger partial charge in [-0.2, -0.15) is 0 Å². The number of aromatic nitrogens is 1. The Morgan fingerprint density at radius 3 is 2.67 bits per heavy atom. The van der Waals surface area contributed by atoms with Crippen molar-refractivity contribution in [2.45, 2.75) is 0 Å². The first kappa shape index (κ1) is 15.7. The van der Waals surface area contributed by atoms with E-state index in [1.165, 1.54) is 23.6 Å². The molecular weight excluding hydrogens is 326 g/mol. The lowest BCUT2D eigenvalue weighted by Crippen LogP contribution is -2.10. The van der Waals surface area contributed by atoms with E-state index in [2.05, 4.69) is 10.3 Å². The number of amides is 2. The van der Waals surface area contributed by atoms with Crippen molar-refractivity contribution in [3.8, 4) is 11.6 Å². The van der Waals surface area contributed by atoms with Crippen molar-refractivity contribution in [2.75, 3.05) is 5.32 Å². The van der Waals surface area contributed by atoms with E-state index in [4.69, 9.17) is 10.5 Å². The lowest BCUT2D eigenvalue weighted by Gasteiger charge is -2.07. The summed E-state index contributed by atoms with van der Waals surface area (Å²) in [7, 11) is 0. The molecule has 6 nitrogen and oxygen atoms in total. The van der Waals surface area contributed by atoms with Crippen LogP contribution in [-0.2, 0) is 0 Å². The quantitative estimate of drug-likeness (QED) is 0.746. The molecule has 7 heteroatoms. The van der Waals surface area contributed by atoms with Gasteiger partial charge in [-0.05, 0) is 35.7 Å². The Kier molecular flexibility index (Phi) is 4.53. The second-order valence-corrected chi connectivity index (χ2v) is 5.76. The predicted octanol–water partition coefficient (Wildman–Crippen LogP) is 3.29. The fourth-order valence-electron chi connectivity index (χ4n) is 1.95. The highest BCUT2D eigenvalue weighted by Gasteiger charge is 2.08. The number of anilines is 1. The maximum Gasteiger partial charge on any atom is 0.265 e. The molecule has 0 aliphatic carbocycles. The molecule has 24 heavy (non-hydrogen) atoms. The number of nitrogens with zero attached hydrogens (tertiary/aromatic N) is 1. The second kappa shape index (κ2) is 6.93. The summed E-state index contributed by atoms with van der Waals surface area (Å²) in [6.07, 6.45) is 1.50. The molecule has 2 aromatic heterocycles. The molecule has 2 heterocycles. The summed E-state index contributed by atoms with van der Waals surface area (Å²) in [5, 5.41) is 4.59. The van der Waals surface area contributed by atoms with E-state index < -0.39 is 5.91 Å². The van der Waals surface area contributed by atoms with Crippen molar-refractivity contribution in [1.82, 2.24) is 4.98 Å². The number of carbonyl (C=O) groups excluding carboxylic acids is 2. The van der Waals surface area contributed by atoms with Crippen molar-refractivity contribution in [3.05, 3.63) is 70.5 Å². The van der Waals surface area contributed by atoms with Crippen LogP contribution in [0.2, 0.25) is 0 Å². The van der Waals surface area contributed by atoms with Crippen LogP contribution in [-0.4, -0.2) is 16.8 Å². The van der Waals surface area contributed by atoms with E-state index in [1.807, 2.05) is 11.4 Å². The van der Waals surface area contributed by atoms with Crippen molar-refractivity contribution in [1.29, 1.82) is 0 Å². The van der Waals surface area contributed by atoms with Gasteiger partial charge in [-0.3, -0.25) is 9.59 Å². The van der Waals surface area contributed by atoms with Crippen LogP contribution in [0.5, 0.6) is 11.6 Å². The van der Waals surface area contributed by atoms with Crippen LogP contribution in [0.1, 0.15) is 20.0 Å². The maximum absolute atomic E-state index is 11.9. The van der Waals surface area contributed by atoms with E-state index in [0.717, 1.165) is 0 Å². The van der Waals surface area contributed by atoms with E-state index in [1.54, 1.807) is 36.4 Å². The van der Waals surface area contributed by atoms with E-state index >= 15 is 0 Å². The molecule has 3 rings (SSSR count). The fourth-order valence-corrected chi connectivity index (χ4v) is 2.57. The van der Waals surface area contributed by atoms with Crippen molar-refractivity contribution < 1.29 is 14.3 Å². The average molecular weight is 339 g/mol. The van der Waals surface area contributed by atoms with E-state index in [-0.39, 0.29) is 5.91 Å². The molecule has 0 spiro atoms. The van der Waals surface area contributed by atoms with Gasteiger partial charge in [0.15, 0.2) is 0 Å². The first-order chi connectivity index (χ1) is 11.6. The van der Waals surface area contributed by atoms with Crippen molar-refractivity contribution >= 4 is 28.8 Å². The van der Waals surface area contributed by atoms with Gasteiger partial charge in [0.25, 0.3) is 5.91 Å². The van der Waals surface area contributed by atoms with Gasteiger partial charge in [0.05, 0.1) is 16.8 Å². The third-order valence-corrected chi connectivity index (χ3v) is 3.95. The zero-order valence-electron chi connectivity index (χ0n) is 12.4. The Balaban J connectivity index is 1.67. The van der Waals surface area contributed by atoms with Gasteiger partial charge in [0.2, 0.25) is 11.8 Å². The number of primary amides is 1. The second-order valence-electron chi connectivity index (χ2n) is 4.81. The molecule has 0 saturated heterocycles. The molecule has 120 valence electrons. The number of nitrogens with one attached hydrogen (secondary N) is 1. The maximum atomic E-state index is 11.9. The summed E-state index contributed by atoms with van der Waals surface area (Å²) in [6.45, 7) is 0. The molecule has 0 radical (unpaired) electrons. The number of rotatable bonds is 5. The van der Waals surface area contributed by atoms with Gasteiger partial charge in [-0.25, -0.2) is 4.98 Å². The third-order valence-electron chi connectivity index (χ3n) is 3.08. The summed E-state index contributed by atoms with van der Waals surface area (Å²) in [5.74, 6) is 0.0783. The molecule has 3 N–H and O–H groups in total. The number of hydrogen-bond donors (Lipinski definition) is 2. The molecule has 3 aromatic rings. The van der Waals surface area contributed by atoms with Crippen molar-refractivity contribution in [3.63, 3.8) is 0 Å². The standard InChI is InChI=1S/C17H13N3O3S/c18-16(21)11-3-1-4-13(9-11)23-15-7-6-12(10-19-15)20-17(22)14-5-2-8-24-14/h1-10H,(H2,18,21)(H,20,22). The number of thiophene rings is 1. The molecule has 0 aliphatic heterocycles. The average Bonchev–Trinajstić information content (AvgIpc) is 3.11. The molecule has 0 saturated carbocycles. The monoisotopic (exact) mass is 339 g/mol. The number of pyridine rings is 1. The van der Waals surface area contributed by atoms with Gasteiger partial charge in [-0.1, -0.05) is 12.1 Å². The summed E-state index contributed by atoms with van der Waals surface area (Å²) in [4.78, 5) is 27.9. The van der Waals surface area contributed by atoms with Crippen LogP contribution in [0, 0.1) is 0 Å². The molecule has 0 fully saturated rings. The zero-order valence-corrected chi connectivity index (χ0v) is 13.2. The molecule has 0 bridgehead atoms. The summed E-state index contributed by atoms with van der Waals surface area (Å²) >= 11 is 1.36. The minimum atomic E-state index is -0.528. The normalized spacial score (nSPS) is 10.2. The van der Waals surface area contributed by atoms with Gasteiger partial charge in [0.1, 0.15) is 5.75 Å². The summed E-state index contributed by atoms with van der Waals surface area (Å²) in [6, 6.07) is 13.4. The number of hydrogen-bond acceptors (Lipinski definition) is 5. The molecule has 2 amide bonds. The molecular formula is C17H13N3O3S. The Bertz CT molecular complexity index is 861. The van der Waals surface area contributed by atoms with E-state index in [0.29, 0.717) is 27.8 Å². The Morgan fingerprint density at radius 2 is 2.00 bits per heavy atom. The molecule has 0 unspecified atom stereocenters. The van der Waals surface area contributed by atoms with Gasteiger partial charge in [-0.15, -0.1) is 11.3 Å². The van der Waals surface area contributed by atoms with Gasteiger partial charge < -0.3 is 15.8 Å². The topological polar surface area (TPSA) is 94.3 Å². The predicted molar refractivity (Wildman–Crippen MR) is 91.5 cm³/mol. The minimum absolute atomic E-state index is 0.186. The summed E-state index contributed by atoms with van der Waals surface area (Å²) < 4.78 is 5.57. The Morgan fingerprint density at radius 1 is 1.12 bits per heavy atom. The first-order valence-corrected chi connectivity index (χ1v) is 7.88. The van der Waals surface area contributed by atoms with Gasteiger partial charge in [0, 0.05) is 11.6 Å². The van der Waals surface area contributed by atoms with Crippen LogP contribution < -0.4 is 15.8 Å². The highest BCUT2D eigenvalue weighted by molar-refractivity contribution is 7.12. The van der Waals surface area contributed by atoms with Crippen molar-refractivity contribution in [2.24, 2.45) is 5.73 Å². The molecule has 0 aliphatic rings. The third kappa shape index (κ3) is 3.76. The Hall–Kier alpha value is -3.19. The summed E-state index contributed by atoms with van der Waals surface area (Å²) in [5.41, 5.74) is 6.15. The lowest BCUT2D eigenvalue weighted by atomic mass is 10.2. The fraction of sp³-hybridized carbons (Fsp3) is 0. The van der Waals surface area contributed by atoms with Crippen LogP contribution in [0.15, 0.2) is 60.1 Å². The Labute approximate surface area is 141 Å². The van der Waals surface area contributed by atoms with Crippen LogP contribution in [0.4, 0.5) is 5.69 Å². The first-order valence-electron chi connectivity index (χ1n) is 7.00. The lowest BCUT2D eigenvalue weighted by molar-refractivity contribution is 0.0997. The largest absolute Gasteiger partial charge is 0.439 e. The molecule has 0 atom stereocenters. The number of ether oxygens (including phenoxy) is 1. The molecule has 1 aromatic carbocycles. The highest BCUT2D eigenvalue weighted by Crippen LogP contribution is 2.22. The smallest absolute Gasteiger partial charge is 0.265 e. The zero-order chi connectivity index (χ0) is 16.9.